The first-order valence-electron chi connectivity index (χ1n) is 29.4. The number of carbonyl (C=O) groups is 6. The van der Waals surface area contributed by atoms with Crippen molar-refractivity contribution in [2.24, 2.45) is 11.8 Å². The average molecular weight is 1220 g/mol. The number of nitrogens with zero attached hydrogens (tertiary/aromatic N) is 5. The summed E-state index contributed by atoms with van der Waals surface area (Å²) in [5.74, 6) is -3.94. The number of carbonyl (C=O) groups excluding carboxylic acids is 6. The average Bonchev–Trinajstić information content (AvgIpc) is 1.73. The minimum atomic E-state index is -4.62. The van der Waals surface area contributed by atoms with Gasteiger partial charge in [-0.3, -0.25) is 38.7 Å². The quantitative estimate of drug-likeness (QED) is 0.0152. The first kappa shape index (κ1) is 65.4. The molecule has 0 radical (unpaired) electrons. The molecule has 0 aliphatic carbocycles. The summed E-state index contributed by atoms with van der Waals surface area (Å²) < 4.78 is 59.4. The molecule has 4 aromatic heterocycles. The Balaban J connectivity index is 0.725. The van der Waals surface area contributed by atoms with Crippen LogP contribution in [0.4, 0.5) is 0 Å². The molecular formula is C63H78N8O15S. The third-order valence-corrected chi connectivity index (χ3v) is 16.9. The number of aliphatic hydroxyl groups is 1. The first-order valence-corrected chi connectivity index (χ1v) is 31.1. The zero-order valence-electron chi connectivity index (χ0n) is 50.3. The fraction of sp³-hybridized carbons (Fsp3) is 0.476. The van der Waals surface area contributed by atoms with E-state index in [1.165, 1.54) is 0 Å². The highest BCUT2D eigenvalue weighted by atomic mass is 32.2. The molecule has 2 amide bonds. The number of cyclic esters (lactones) is 1. The second-order valence-electron chi connectivity index (χ2n) is 22.6. The largest absolute Gasteiger partial charge is 0.489 e. The number of hydrazine groups is 1. The molecule has 466 valence electrons. The van der Waals surface area contributed by atoms with Crippen LogP contribution in [0.5, 0.6) is 5.75 Å². The van der Waals surface area contributed by atoms with Crippen molar-refractivity contribution < 1.29 is 65.8 Å². The van der Waals surface area contributed by atoms with Crippen LogP contribution in [-0.4, -0.2) is 136 Å². The van der Waals surface area contributed by atoms with Gasteiger partial charge in [-0.05, 0) is 98.3 Å². The monoisotopic (exact) mass is 1220 g/mol. The van der Waals surface area contributed by atoms with Crippen LogP contribution < -0.4 is 26.4 Å². The molecule has 2 aliphatic rings. The number of nitrogens with one attached hydrogen (secondary N) is 3. The molecule has 2 aliphatic heterocycles. The number of amides is 2. The maximum absolute atomic E-state index is 13.8. The summed E-state index contributed by atoms with van der Waals surface area (Å²) in [7, 11) is -0.969. The van der Waals surface area contributed by atoms with Crippen LogP contribution in [0.1, 0.15) is 112 Å². The van der Waals surface area contributed by atoms with Crippen LogP contribution in [0.3, 0.4) is 0 Å². The zero-order valence-corrected chi connectivity index (χ0v) is 51.1. The molecule has 24 heteroatoms. The second-order valence-corrected chi connectivity index (χ2v) is 24.1. The Kier molecular flexibility index (Phi) is 21.8. The lowest BCUT2D eigenvalue weighted by Gasteiger charge is -2.31. The Morgan fingerprint density at radius 1 is 0.885 bits per heavy atom. The molecule has 0 saturated carbocycles. The number of hydrogen-bond donors (Lipinski definition) is 5. The van der Waals surface area contributed by atoms with E-state index in [9.17, 15) is 51.6 Å². The number of Topliss-reactive ketones (excluding diaryl/α,β-unsaturated/α-hetero) is 3. The number of hydrogen-bond acceptors (Lipinski definition) is 18. The molecule has 0 bridgehead atoms. The normalized spacial score (nSPS) is 15.6. The summed E-state index contributed by atoms with van der Waals surface area (Å²) in [5, 5.41) is 20.2. The van der Waals surface area contributed by atoms with Gasteiger partial charge >= 0.3 is 5.97 Å². The van der Waals surface area contributed by atoms with Crippen LogP contribution in [0.2, 0.25) is 0 Å². The number of aromatic nitrogens is 4. The third kappa shape index (κ3) is 16.0. The number of aryl methyl sites for hydroxylation is 2. The van der Waals surface area contributed by atoms with Crippen molar-refractivity contribution in [1.82, 2.24) is 40.2 Å². The van der Waals surface area contributed by atoms with Gasteiger partial charge in [-0.25, -0.2) is 19.8 Å². The molecular weight excluding hydrogens is 1140 g/mol. The number of fused-ring (bicyclic) bond motifs is 6. The van der Waals surface area contributed by atoms with Gasteiger partial charge in [0.05, 0.1) is 61.4 Å². The minimum Gasteiger partial charge on any atom is -0.489 e. The smallest absolute Gasteiger partial charge is 0.343 e. The fourth-order valence-corrected chi connectivity index (χ4v) is 11.8. The van der Waals surface area contributed by atoms with Crippen LogP contribution >= 0.6 is 0 Å². The van der Waals surface area contributed by atoms with E-state index >= 15 is 0 Å². The molecule has 2 aromatic carbocycles. The van der Waals surface area contributed by atoms with E-state index in [0.717, 1.165) is 38.7 Å². The standard InChI is InChI=1S/C63H78N8O15S/c1-8-46-48-31-45(18-19-52(48)68-58-49(46)34-71-54(58)32-51-50(61(71)77)36-86-62(78)63(51,79)9-2)85-35-41-16-14-40(15-17-41)28-56(74)39(5)66-60(76)47(38(3)4)30-44(72)21-25-84-27-26-83-24-11-13-55(73)53(37-87(80,81)82)67-57(75)20-23-70-43(33-69(7)64-6)29-42-12-10-22-65-59(42)70/h10,12,14-19,22,29,31-32,38-39,47,53,64,79H,8-9,11,13,20-21,23-28,30,33-37H2,1-7H3,(H,66,76)(H,67,75)(H,80,81,82)/t39-,47-,53-,63-/m0/s1. The van der Waals surface area contributed by atoms with Crippen molar-refractivity contribution in [3.8, 4) is 17.1 Å². The molecule has 0 spiro atoms. The van der Waals surface area contributed by atoms with E-state index in [1.807, 2.05) is 98.1 Å². The molecule has 4 atom stereocenters. The molecule has 23 nitrogen and oxygen atoms in total. The molecule has 0 saturated heterocycles. The van der Waals surface area contributed by atoms with Gasteiger partial charge in [-0.1, -0.05) is 52.0 Å². The van der Waals surface area contributed by atoms with Crippen LogP contribution in [0, 0.1) is 11.8 Å². The van der Waals surface area contributed by atoms with E-state index in [4.69, 9.17) is 23.9 Å². The predicted molar refractivity (Wildman–Crippen MR) is 323 cm³/mol. The van der Waals surface area contributed by atoms with Gasteiger partial charge < -0.3 is 43.8 Å². The van der Waals surface area contributed by atoms with E-state index in [2.05, 4.69) is 21.0 Å². The number of esters is 1. The Morgan fingerprint density at radius 3 is 2.32 bits per heavy atom. The van der Waals surface area contributed by atoms with Crippen molar-refractivity contribution >= 4 is 67.2 Å². The van der Waals surface area contributed by atoms with Crippen molar-refractivity contribution in [1.29, 1.82) is 0 Å². The van der Waals surface area contributed by atoms with Crippen molar-refractivity contribution in [3.63, 3.8) is 0 Å². The molecule has 8 rings (SSSR count). The summed E-state index contributed by atoms with van der Waals surface area (Å²) in [6.07, 6.45) is 2.42. The molecule has 5 N–H and O–H groups in total. The summed E-state index contributed by atoms with van der Waals surface area (Å²) in [5.41, 5.74) is 8.30. The van der Waals surface area contributed by atoms with Crippen LogP contribution in [0.15, 0.2) is 77.7 Å². The van der Waals surface area contributed by atoms with Gasteiger partial charge in [0, 0.05) is 92.0 Å². The van der Waals surface area contributed by atoms with E-state index in [1.54, 1.807) is 37.7 Å². The Morgan fingerprint density at radius 2 is 1.62 bits per heavy atom. The van der Waals surface area contributed by atoms with Crippen LogP contribution in [0.25, 0.3) is 33.3 Å². The second kappa shape index (κ2) is 29.0. The number of benzene rings is 2. The molecule has 6 aromatic rings. The van der Waals surface area contributed by atoms with Crippen LogP contribution in [-0.2, 0) is 104 Å². The Bertz CT molecular complexity index is 3710. The SMILES string of the molecule is CCc1c2c(nc3ccc(OCc4ccc(CC(=O)[C@H](C)NC(=O)[C@@H](CC(=O)CCOCCOCCCC(=O)[C@H](CS(=O)(=O)O)NC(=O)CCn5c(CN(C)NC)cc6cccnc65)C(C)C)cc4)cc13)-c1cc3c(c(=O)n1C2)COC(=O)[C@]3(O)CC. The third-order valence-electron chi connectivity index (χ3n) is 16.2. The summed E-state index contributed by atoms with van der Waals surface area (Å²) in [4.78, 5) is 102. The Labute approximate surface area is 505 Å². The lowest BCUT2D eigenvalue weighted by Crippen LogP contribution is -2.45. The first-order chi connectivity index (χ1) is 41.5. The lowest BCUT2D eigenvalue weighted by molar-refractivity contribution is -0.172. The van der Waals surface area contributed by atoms with Gasteiger partial charge in [0.1, 0.15) is 42.2 Å². The summed E-state index contributed by atoms with van der Waals surface area (Å²) >= 11 is 0. The Hall–Kier alpha value is -7.58. The fourth-order valence-electron chi connectivity index (χ4n) is 11.1. The molecule has 87 heavy (non-hydrogen) atoms. The molecule has 0 fully saturated rings. The zero-order chi connectivity index (χ0) is 62.7. The van der Waals surface area contributed by atoms with Gasteiger partial charge in [-0.2, -0.15) is 8.42 Å². The highest BCUT2D eigenvalue weighted by Gasteiger charge is 2.45. The molecule has 6 heterocycles. The highest BCUT2D eigenvalue weighted by molar-refractivity contribution is 7.85. The topological polar surface area (TPSA) is 306 Å². The van der Waals surface area contributed by atoms with Gasteiger partial charge in [0.2, 0.25) is 11.8 Å². The van der Waals surface area contributed by atoms with E-state index < -0.39 is 63.0 Å². The number of ketones is 3. The maximum atomic E-state index is 13.8. The molecule has 0 unspecified atom stereocenters. The lowest BCUT2D eigenvalue weighted by atomic mass is 9.86. The van der Waals surface area contributed by atoms with E-state index in [-0.39, 0.29) is 132 Å². The van der Waals surface area contributed by atoms with E-state index in [0.29, 0.717) is 41.3 Å². The number of pyridine rings is 3. The minimum absolute atomic E-state index is 0.0397. The van der Waals surface area contributed by atoms with Crippen molar-refractivity contribution in [2.45, 2.75) is 137 Å². The van der Waals surface area contributed by atoms with Crippen molar-refractivity contribution in [2.75, 3.05) is 46.3 Å². The van der Waals surface area contributed by atoms with Gasteiger partial charge in [-0.15, -0.1) is 0 Å². The van der Waals surface area contributed by atoms with Gasteiger partial charge in [0.15, 0.2) is 17.2 Å². The summed E-state index contributed by atoms with van der Waals surface area (Å²) in [6, 6.07) is 18.2. The highest BCUT2D eigenvalue weighted by Crippen LogP contribution is 2.41. The number of rotatable bonds is 33. The maximum Gasteiger partial charge on any atom is 0.343 e. The summed E-state index contributed by atoms with van der Waals surface area (Å²) in [6.45, 7) is 10.5. The van der Waals surface area contributed by atoms with Crippen molar-refractivity contribution in [3.05, 3.63) is 122 Å². The number of ether oxygens (including phenoxy) is 4. The van der Waals surface area contributed by atoms with Gasteiger partial charge in [0.25, 0.3) is 15.7 Å². The predicted octanol–water partition coefficient (Wildman–Crippen LogP) is 5.22.